The molecule has 0 saturated carbocycles. The summed E-state index contributed by atoms with van der Waals surface area (Å²) >= 11 is 1.80. The van der Waals surface area contributed by atoms with Crippen LogP contribution in [0.1, 0.15) is 35.8 Å². The van der Waals surface area contributed by atoms with Crippen LogP contribution in [-0.2, 0) is 13.1 Å². The molecule has 0 radical (unpaired) electrons. The Labute approximate surface area is 187 Å². The molecule has 28 heavy (non-hydrogen) atoms. The summed E-state index contributed by atoms with van der Waals surface area (Å²) in [6, 6.07) is 12.7. The lowest BCUT2D eigenvalue weighted by atomic mass is 10.1. The first-order valence-corrected chi connectivity index (χ1v) is 10.1. The lowest BCUT2D eigenvalue weighted by Crippen LogP contribution is -2.39. The standard InChI is InChI=1S/C20H26N6S.HI/c1-3-22-20(23-11-16(2)19-8-5-9-27-19)24-12-17-6-4-7-18(10-17)13-26-15-21-14-25-26;/h4-10,14-16H,3,11-13H2,1-2H3,(H2,22,23,24);1H. The van der Waals surface area contributed by atoms with E-state index in [1.54, 1.807) is 24.0 Å². The van der Waals surface area contributed by atoms with Gasteiger partial charge in [0.25, 0.3) is 0 Å². The molecule has 2 aromatic heterocycles. The smallest absolute Gasteiger partial charge is 0.191 e. The molecule has 2 N–H and O–H groups in total. The molecule has 3 aromatic rings. The fraction of sp³-hybridized carbons (Fsp3) is 0.350. The molecule has 3 rings (SSSR count). The Balaban J connectivity index is 0.00000280. The second kappa shape index (κ2) is 11.8. The van der Waals surface area contributed by atoms with Gasteiger partial charge in [0.15, 0.2) is 5.96 Å². The first-order chi connectivity index (χ1) is 13.2. The van der Waals surface area contributed by atoms with Gasteiger partial charge in [-0.25, -0.2) is 14.7 Å². The number of halogens is 1. The molecule has 0 saturated heterocycles. The van der Waals surface area contributed by atoms with Crippen molar-refractivity contribution in [1.29, 1.82) is 0 Å². The van der Waals surface area contributed by atoms with Gasteiger partial charge >= 0.3 is 0 Å². The summed E-state index contributed by atoms with van der Waals surface area (Å²) in [6.07, 6.45) is 3.28. The number of benzene rings is 1. The van der Waals surface area contributed by atoms with Gasteiger partial charge in [0.1, 0.15) is 12.7 Å². The summed E-state index contributed by atoms with van der Waals surface area (Å²) in [5, 5.41) is 13.1. The van der Waals surface area contributed by atoms with Crippen LogP contribution in [0.5, 0.6) is 0 Å². The van der Waals surface area contributed by atoms with Crippen LogP contribution in [0.15, 0.2) is 59.4 Å². The number of hydrogen-bond acceptors (Lipinski definition) is 4. The molecular formula is C20H27IN6S. The minimum absolute atomic E-state index is 0. The van der Waals surface area contributed by atoms with Crippen LogP contribution in [0.2, 0.25) is 0 Å². The van der Waals surface area contributed by atoms with E-state index in [1.807, 2.05) is 4.68 Å². The summed E-state index contributed by atoms with van der Waals surface area (Å²) in [7, 11) is 0. The largest absolute Gasteiger partial charge is 0.357 e. The molecule has 0 amide bonds. The third kappa shape index (κ3) is 6.90. The van der Waals surface area contributed by atoms with Crippen LogP contribution in [0.25, 0.3) is 0 Å². The van der Waals surface area contributed by atoms with Crippen molar-refractivity contribution in [1.82, 2.24) is 25.4 Å². The number of aliphatic imine (C=N–C) groups is 1. The van der Waals surface area contributed by atoms with Crippen LogP contribution >= 0.6 is 35.3 Å². The van der Waals surface area contributed by atoms with Gasteiger partial charge in [-0.05, 0) is 29.5 Å². The highest BCUT2D eigenvalue weighted by Gasteiger charge is 2.07. The van der Waals surface area contributed by atoms with E-state index in [0.717, 1.165) is 19.0 Å². The molecule has 1 aromatic carbocycles. The molecule has 6 nitrogen and oxygen atoms in total. The predicted octanol–water partition coefficient (Wildman–Crippen LogP) is 3.86. The summed E-state index contributed by atoms with van der Waals surface area (Å²) in [6.45, 7) is 7.36. The van der Waals surface area contributed by atoms with Crippen molar-refractivity contribution < 1.29 is 0 Å². The Hall–Kier alpha value is -1.94. The van der Waals surface area contributed by atoms with Gasteiger partial charge in [0, 0.05) is 23.9 Å². The third-order valence-electron chi connectivity index (χ3n) is 4.17. The fourth-order valence-corrected chi connectivity index (χ4v) is 3.55. The van der Waals surface area contributed by atoms with E-state index in [1.165, 1.54) is 16.0 Å². The van der Waals surface area contributed by atoms with Crippen LogP contribution < -0.4 is 10.6 Å². The van der Waals surface area contributed by atoms with Crippen molar-refractivity contribution in [3.8, 4) is 0 Å². The van der Waals surface area contributed by atoms with E-state index in [4.69, 9.17) is 4.99 Å². The van der Waals surface area contributed by atoms with E-state index in [-0.39, 0.29) is 24.0 Å². The molecule has 0 bridgehead atoms. The topological polar surface area (TPSA) is 67.1 Å². The average Bonchev–Trinajstić information content (AvgIpc) is 3.38. The van der Waals surface area contributed by atoms with Gasteiger partial charge in [0.05, 0.1) is 13.1 Å². The van der Waals surface area contributed by atoms with Gasteiger partial charge in [-0.1, -0.05) is 37.3 Å². The van der Waals surface area contributed by atoms with Crippen molar-refractivity contribution >= 4 is 41.3 Å². The highest BCUT2D eigenvalue weighted by atomic mass is 127. The first-order valence-electron chi connectivity index (χ1n) is 9.20. The third-order valence-corrected chi connectivity index (χ3v) is 5.27. The predicted molar refractivity (Wildman–Crippen MR) is 127 cm³/mol. The second-order valence-corrected chi connectivity index (χ2v) is 7.38. The molecule has 0 fully saturated rings. The Morgan fingerprint density at radius 2 is 2.07 bits per heavy atom. The molecule has 2 heterocycles. The highest BCUT2D eigenvalue weighted by molar-refractivity contribution is 14.0. The zero-order valence-electron chi connectivity index (χ0n) is 16.2. The van der Waals surface area contributed by atoms with Crippen molar-refractivity contribution in [3.63, 3.8) is 0 Å². The maximum absolute atomic E-state index is 4.74. The molecule has 0 spiro atoms. The van der Waals surface area contributed by atoms with Gasteiger partial charge in [0.2, 0.25) is 0 Å². The fourth-order valence-electron chi connectivity index (χ4n) is 2.76. The molecule has 8 heteroatoms. The van der Waals surface area contributed by atoms with E-state index >= 15 is 0 Å². The molecular weight excluding hydrogens is 483 g/mol. The minimum Gasteiger partial charge on any atom is -0.357 e. The van der Waals surface area contributed by atoms with Crippen LogP contribution in [0.3, 0.4) is 0 Å². The maximum atomic E-state index is 4.74. The lowest BCUT2D eigenvalue weighted by molar-refractivity contribution is 0.684. The van der Waals surface area contributed by atoms with Gasteiger partial charge in [-0.15, -0.1) is 35.3 Å². The van der Waals surface area contributed by atoms with E-state index in [9.17, 15) is 0 Å². The first kappa shape index (κ1) is 22.4. The maximum Gasteiger partial charge on any atom is 0.191 e. The lowest BCUT2D eigenvalue weighted by Gasteiger charge is -2.15. The van der Waals surface area contributed by atoms with Crippen LogP contribution in [0.4, 0.5) is 0 Å². The Morgan fingerprint density at radius 3 is 2.79 bits per heavy atom. The van der Waals surface area contributed by atoms with E-state index in [2.05, 4.69) is 76.3 Å². The van der Waals surface area contributed by atoms with Crippen LogP contribution in [0, 0.1) is 0 Å². The molecule has 1 unspecified atom stereocenters. The summed E-state index contributed by atoms with van der Waals surface area (Å²) in [5.74, 6) is 1.31. The zero-order chi connectivity index (χ0) is 18.9. The molecule has 0 aliphatic rings. The molecule has 1 atom stereocenters. The van der Waals surface area contributed by atoms with E-state index in [0.29, 0.717) is 19.0 Å². The number of guanidine groups is 1. The number of nitrogens with one attached hydrogen (secondary N) is 2. The number of nitrogens with zero attached hydrogens (tertiary/aromatic N) is 4. The minimum atomic E-state index is 0. The second-order valence-electron chi connectivity index (χ2n) is 6.41. The number of aromatic nitrogens is 3. The zero-order valence-corrected chi connectivity index (χ0v) is 19.4. The number of thiophene rings is 1. The van der Waals surface area contributed by atoms with Crippen molar-refractivity contribution in [2.24, 2.45) is 4.99 Å². The summed E-state index contributed by atoms with van der Waals surface area (Å²) < 4.78 is 1.82. The van der Waals surface area contributed by atoms with E-state index < -0.39 is 0 Å². The van der Waals surface area contributed by atoms with Crippen molar-refractivity contribution in [2.75, 3.05) is 13.1 Å². The summed E-state index contributed by atoms with van der Waals surface area (Å²) in [5.41, 5.74) is 2.37. The van der Waals surface area contributed by atoms with Gasteiger partial charge in [-0.2, -0.15) is 5.10 Å². The number of hydrogen-bond donors (Lipinski definition) is 2. The molecule has 150 valence electrons. The quantitative estimate of drug-likeness (QED) is 0.275. The van der Waals surface area contributed by atoms with Crippen molar-refractivity contribution in [2.45, 2.75) is 32.9 Å². The molecule has 0 aliphatic carbocycles. The number of rotatable bonds is 8. The monoisotopic (exact) mass is 510 g/mol. The normalized spacial score (nSPS) is 12.3. The highest BCUT2D eigenvalue weighted by Crippen LogP contribution is 2.19. The Morgan fingerprint density at radius 1 is 1.21 bits per heavy atom. The Bertz CT molecular complexity index is 832. The van der Waals surface area contributed by atoms with Gasteiger partial charge in [-0.3, -0.25) is 0 Å². The SMILES string of the molecule is CCNC(=NCc1cccc(Cn2cncn2)c1)NCC(C)c1cccs1.I. The molecule has 0 aliphatic heterocycles. The van der Waals surface area contributed by atoms with Crippen LogP contribution in [-0.4, -0.2) is 33.8 Å². The summed E-state index contributed by atoms with van der Waals surface area (Å²) in [4.78, 5) is 10.1. The van der Waals surface area contributed by atoms with Gasteiger partial charge < -0.3 is 10.6 Å². The Kier molecular flexibility index (Phi) is 9.42. The van der Waals surface area contributed by atoms with Crippen molar-refractivity contribution in [3.05, 3.63) is 70.4 Å². The average molecular weight is 510 g/mol.